The van der Waals surface area contributed by atoms with Gasteiger partial charge in [0.05, 0.1) is 6.61 Å². The average molecular weight is 132 g/mol. The highest BCUT2D eigenvalue weighted by Crippen LogP contribution is 2.02. The van der Waals surface area contributed by atoms with Gasteiger partial charge in [-0.3, -0.25) is 0 Å². The molecule has 0 spiro atoms. The molecular formula is C6H14NO2. The van der Waals surface area contributed by atoms with Gasteiger partial charge in [-0.1, -0.05) is 0 Å². The Morgan fingerprint density at radius 2 is 2.22 bits per heavy atom. The Morgan fingerprint density at radius 1 is 1.56 bits per heavy atom. The van der Waals surface area contributed by atoms with Crippen LogP contribution < -0.4 is 5.73 Å². The maximum atomic E-state index is 10.2. The molecule has 0 aliphatic heterocycles. The van der Waals surface area contributed by atoms with E-state index in [0.717, 1.165) is 6.42 Å². The molecule has 0 aliphatic carbocycles. The van der Waals surface area contributed by atoms with E-state index in [9.17, 15) is 5.11 Å². The summed E-state index contributed by atoms with van der Waals surface area (Å²) >= 11 is 0. The molecule has 3 nitrogen and oxygen atoms in total. The summed E-state index contributed by atoms with van der Waals surface area (Å²) in [5, 5.41) is 18.6. The Kier molecular flexibility index (Phi) is 5.93. The molecule has 3 N–H and O–H groups in total. The van der Waals surface area contributed by atoms with Gasteiger partial charge in [0, 0.05) is 6.61 Å². The lowest BCUT2D eigenvalue weighted by Gasteiger charge is -2.07. The van der Waals surface area contributed by atoms with Crippen LogP contribution in [0.15, 0.2) is 0 Å². The van der Waals surface area contributed by atoms with Crippen LogP contribution in [0.2, 0.25) is 0 Å². The minimum atomic E-state index is -0.115. The van der Waals surface area contributed by atoms with E-state index in [1.165, 1.54) is 0 Å². The van der Waals surface area contributed by atoms with Crippen molar-refractivity contribution in [3.63, 3.8) is 0 Å². The normalized spacial score (nSPS) is 13.7. The zero-order valence-corrected chi connectivity index (χ0v) is 5.55. The summed E-state index contributed by atoms with van der Waals surface area (Å²) in [4.78, 5) is 0. The Labute approximate surface area is 55.5 Å². The maximum Gasteiger partial charge on any atom is 0.0862 e. The van der Waals surface area contributed by atoms with E-state index >= 15 is 0 Å². The van der Waals surface area contributed by atoms with Crippen LogP contribution in [0.1, 0.15) is 12.8 Å². The third-order valence-electron chi connectivity index (χ3n) is 1.34. The first-order valence-corrected chi connectivity index (χ1v) is 3.24. The summed E-state index contributed by atoms with van der Waals surface area (Å²) in [6.45, 7) is 0.497. The minimum absolute atomic E-state index is 0.0668. The molecule has 0 aromatic rings. The molecule has 1 atom stereocenters. The van der Waals surface area contributed by atoms with E-state index in [-0.39, 0.29) is 19.1 Å². The van der Waals surface area contributed by atoms with Crippen LogP contribution in [-0.2, 0) is 5.11 Å². The third kappa shape index (κ3) is 4.39. The van der Waals surface area contributed by atoms with Crippen molar-refractivity contribution in [3.8, 4) is 0 Å². The van der Waals surface area contributed by atoms with Gasteiger partial charge in [0.2, 0.25) is 0 Å². The molecule has 0 aromatic carbocycles. The zero-order chi connectivity index (χ0) is 7.11. The highest BCUT2D eigenvalue weighted by Gasteiger charge is 2.03. The number of hydrogen-bond donors (Lipinski definition) is 2. The van der Waals surface area contributed by atoms with Crippen LogP contribution in [0.3, 0.4) is 0 Å². The monoisotopic (exact) mass is 132 g/mol. The van der Waals surface area contributed by atoms with Gasteiger partial charge in [-0.05, 0) is 25.3 Å². The van der Waals surface area contributed by atoms with E-state index in [4.69, 9.17) is 10.8 Å². The largest absolute Gasteiger partial charge is 0.396 e. The van der Waals surface area contributed by atoms with Gasteiger partial charge in [-0.2, -0.15) is 0 Å². The fraction of sp³-hybridized carbons (Fsp3) is 1.00. The second-order valence-electron chi connectivity index (χ2n) is 2.13. The van der Waals surface area contributed by atoms with Crippen LogP contribution in [0.5, 0.6) is 0 Å². The van der Waals surface area contributed by atoms with E-state index < -0.39 is 0 Å². The number of rotatable bonds is 5. The lowest BCUT2D eigenvalue weighted by atomic mass is 10.1. The first kappa shape index (κ1) is 8.88. The molecule has 0 bridgehead atoms. The summed E-state index contributed by atoms with van der Waals surface area (Å²) in [6, 6.07) is 0. The molecule has 1 radical (unpaired) electrons. The Hall–Kier alpha value is -0.120. The Bertz CT molecular complexity index is 55.0. The highest BCUT2D eigenvalue weighted by atomic mass is 16.3. The van der Waals surface area contributed by atoms with Gasteiger partial charge in [-0.25, -0.2) is 5.11 Å². The number of nitrogens with two attached hydrogens (primary N) is 1. The fourth-order valence-corrected chi connectivity index (χ4v) is 0.649. The van der Waals surface area contributed by atoms with E-state index in [2.05, 4.69) is 0 Å². The summed E-state index contributed by atoms with van der Waals surface area (Å²) in [5.74, 6) is 0.0668. The number of aliphatic hydroxyl groups excluding tert-OH is 1. The van der Waals surface area contributed by atoms with Gasteiger partial charge in [0.15, 0.2) is 0 Å². The van der Waals surface area contributed by atoms with Crippen molar-refractivity contribution in [1.82, 2.24) is 0 Å². The molecular weight excluding hydrogens is 118 g/mol. The SMILES string of the molecule is NCC(C[O])CCCO. The second kappa shape index (κ2) is 6.01. The van der Waals surface area contributed by atoms with Crippen molar-refractivity contribution in [2.45, 2.75) is 12.8 Å². The first-order valence-electron chi connectivity index (χ1n) is 3.24. The molecule has 0 saturated heterocycles. The highest BCUT2D eigenvalue weighted by molar-refractivity contribution is 4.56. The summed E-state index contributed by atoms with van der Waals surface area (Å²) in [6.07, 6.45) is 1.46. The molecule has 55 valence electrons. The predicted octanol–water partition coefficient (Wildman–Crippen LogP) is -0.236. The molecule has 0 saturated carbocycles. The minimum Gasteiger partial charge on any atom is -0.396 e. The molecule has 0 rings (SSSR count). The van der Waals surface area contributed by atoms with Gasteiger partial charge < -0.3 is 10.8 Å². The van der Waals surface area contributed by atoms with Gasteiger partial charge in [-0.15, -0.1) is 0 Å². The molecule has 3 heteroatoms. The molecule has 0 fully saturated rings. The van der Waals surface area contributed by atoms with Crippen LogP contribution >= 0.6 is 0 Å². The summed E-state index contributed by atoms with van der Waals surface area (Å²) in [7, 11) is 0. The quantitative estimate of drug-likeness (QED) is 0.542. The Balaban J connectivity index is 3.09. The van der Waals surface area contributed by atoms with Crippen molar-refractivity contribution in [2.24, 2.45) is 11.7 Å². The average Bonchev–Trinajstić information content (AvgIpc) is 1.91. The van der Waals surface area contributed by atoms with Gasteiger partial charge in [0.1, 0.15) is 0 Å². The van der Waals surface area contributed by atoms with Crippen molar-refractivity contribution in [2.75, 3.05) is 19.8 Å². The van der Waals surface area contributed by atoms with Crippen molar-refractivity contribution in [3.05, 3.63) is 0 Å². The van der Waals surface area contributed by atoms with Crippen molar-refractivity contribution in [1.29, 1.82) is 0 Å². The van der Waals surface area contributed by atoms with E-state index in [1.807, 2.05) is 0 Å². The molecule has 0 aliphatic rings. The summed E-state index contributed by atoms with van der Waals surface area (Å²) < 4.78 is 0. The molecule has 0 heterocycles. The van der Waals surface area contributed by atoms with Crippen LogP contribution in [0.25, 0.3) is 0 Å². The molecule has 0 amide bonds. The lowest BCUT2D eigenvalue weighted by Crippen LogP contribution is -2.17. The van der Waals surface area contributed by atoms with Crippen molar-refractivity contribution < 1.29 is 10.2 Å². The summed E-state index contributed by atoms with van der Waals surface area (Å²) in [5.41, 5.74) is 5.24. The van der Waals surface area contributed by atoms with Gasteiger partial charge >= 0.3 is 0 Å². The third-order valence-corrected chi connectivity index (χ3v) is 1.34. The van der Waals surface area contributed by atoms with Crippen LogP contribution in [0, 0.1) is 5.92 Å². The van der Waals surface area contributed by atoms with Crippen molar-refractivity contribution >= 4 is 0 Å². The standard InChI is InChI=1S/C6H14NO2/c7-4-6(5-9)2-1-3-8/h6,8H,1-5,7H2. The van der Waals surface area contributed by atoms with E-state index in [1.54, 1.807) is 0 Å². The Morgan fingerprint density at radius 3 is 2.56 bits per heavy atom. The van der Waals surface area contributed by atoms with Gasteiger partial charge in [0.25, 0.3) is 0 Å². The van der Waals surface area contributed by atoms with E-state index in [0.29, 0.717) is 13.0 Å². The zero-order valence-electron chi connectivity index (χ0n) is 5.55. The predicted molar refractivity (Wildman–Crippen MR) is 34.4 cm³/mol. The van der Waals surface area contributed by atoms with Crippen LogP contribution in [-0.4, -0.2) is 24.9 Å². The number of hydrogen-bond acceptors (Lipinski definition) is 2. The molecule has 9 heavy (non-hydrogen) atoms. The second-order valence-corrected chi connectivity index (χ2v) is 2.13. The molecule has 0 aromatic heterocycles. The smallest absolute Gasteiger partial charge is 0.0862 e. The topological polar surface area (TPSA) is 66.2 Å². The maximum absolute atomic E-state index is 10.2. The lowest BCUT2D eigenvalue weighted by molar-refractivity contribution is 0.136. The molecule has 1 unspecified atom stereocenters. The first-order chi connectivity index (χ1) is 4.35. The number of aliphatic hydroxyl groups is 1. The van der Waals surface area contributed by atoms with Crippen LogP contribution in [0.4, 0.5) is 0 Å². The fourth-order valence-electron chi connectivity index (χ4n) is 0.649.